The maximum Gasteiger partial charge on any atom is 0.340 e. The zero-order valence-corrected chi connectivity index (χ0v) is 11.3. The number of rotatable bonds is 5. The fraction of sp³-hybridized carbons (Fsp3) is 0.182. The Morgan fingerprint density at radius 3 is 2.80 bits per heavy atom. The van der Waals surface area contributed by atoms with E-state index in [0.29, 0.717) is 5.56 Å². The molecule has 0 amide bonds. The Hall–Kier alpha value is -2.26. The third-order valence-electron chi connectivity index (χ3n) is 2.62. The molecule has 1 atom stereocenters. The van der Waals surface area contributed by atoms with Crippen LogP contribution in [-0.2, 0) is 10.0 Å². The van der Waals surface area contributed by atoms with Gasteiger partial charge in [-0.25, -0.2) is 17.9 Å². The summed E-state index contributed by atoms with van der Waals surface area (Å²) in [5.74, 6) is -1.37. The molecule has 0 aliphatic rings. The Bertz CT molecular complexity index is 711. The van der Waals surface area contributed by atoms with Gasteiger partial charge in [0.2, 0.25) is 0 Å². The zero-order chi connectivity index (χ0) is 14.8. The van der Waals surface area contributed by atoms with Gasteiger partial charge in [-0.3, -0.25) is 10.1 Å². The molecule has 106 valence electrons. The molecule has 0 spiro atoms. The van der Waals surface area contributed by atoms with Crippen molar-refractivity contribution in [2.45, 2.75) is 18.0 Å². The van der Waals surface area contributed by atoms with Crippen LogP contribution in [0.2, 0.25) is 0 Å². The number of pyridine rings is 1. The molecule has 8 nitrogen and oxygen atoms in total. The van der Waals surface area contributed by atoms with Crippen LogP contribution in [0.3, 0.4) is 0 Å². The summed E-state index contributed by atoms with van der Waals surface area (Å²) >= 11 is 0. The number of aromatic amines is 1. The highest BCUT2D eigenvalue weighted by Gasteiger charge is 2.26. The lowest BCUT2D eigenvalue weighted by atomic mass is 10.2. The van der Waals surface area contributed by atoms with Gasteiger partial charge in [-0.15, -0.1) is 0 Å². The van der Waals surface area contributed by atoms with Gasteiger partial charge in [0.25, 0.3) is 10.0 Å². The number of nitrogens with one attached hydrogen (secondary N) is 2. The Labute approximate surface area is 114 Å². The summed E-state index contributed by atoms with van der Waals surface area (Å²) < 4.78 is 26.6. The molecule has 2 rings (SSSR count). The van der Waals surface area contributed by atoms with E-state index in [1.807, 2.05) is 0 Å². The van der Waals surface area contributed by atoms with Crippen molar-refractivity contribution in [2.24, 2.45) is 0 Å². The summed E-state index contributed by atoms with van der Waals surface area (Å²) in [6.45, 7) is 1.63. The Morgan fingerprint density at radius 1 is 1.45 bits per heavy atom. The van der Waals surface area contributed by atoms with Crippen molar-refractivity contribution >= 4 is 16.0 Å². The average Bonchev–Trinajstić information content (AvgIpc) is 2.89. The average molecular weight is 296 g/mol. The second kappa shape index (κ2) is 5.39. The number of hydrogen-bond acceptors (Lipinski definition) is 5. The molecule has 0 bridgehead atoms. The minimum Gasteiger partial charge on any atom is -0.478 e. The minimum atomic E-state index is -4.02. The van der Waals surface area contributed by atoms with Crippen molar-refractivity contribution in [3.63, 3.8) is 0 Å². The van der Waals surface area contributed by atoms with E-state index >= 15 is 0 Å². The molecule has 0 saturated carbocycles. The van der Waals surface area contributed by atoms with Gasteiger partial charge >= 0.3 is 5.97 Å². The van der Waals surface area contributed by atoms with E-state index in [1.165, 1.54) is 6.20 Å². The monoisotopic (exact) mass is 296 g/mol. The van der Waals surface area contributed by atoms with Crippen LogP contribution >= 0.6 is 0 Å². The first-order chi connectivity index (χ1) is 9.42. The highest BCUT2D eigenvalue weighted by atomic mass is 32.2. The summed E-state index contributed by atoms with van der Waals surface area (Å²) in [5.41, 5.74) is 0.253. The van der Waals surface area contributed by atoms with Gasteiger partial charge in [0.05, 0.1) is 6.20 Å². The molecule has 0 saturated heterocycles. The summed E-state index contributed by atoms with van der Waals surface area (Å²) in [6.07, 6.45) is 4.05. The summed E-state index contributed by atoms with van der Waals surface area (Å²) in [6, 6.07) is 2.84. The molecule has 3 N–H and O–H groups in total. The van der Waals surface area contributed by atoms with Crippen LogP contribution in [0.1, 0.15) is 28.9 Å². The van der Waals surface area contributed by atoms with E-state index < -0.39 is 32.6 Å². The van der Waals surface area contributed by atoms with Crippen LogP contribution < -0.4 is 4.72 Å². The molecule has 0 unspecified atom stereocenters. The van der Waals surface area contributed by atoms with Crippen molar-refractivity contribution in [2.75, 3.05) is 0 Å². The predicted molar refractivity (Wildman–Crippen MR) is 68.5 cm³/mol. The van der Waals surface area contributed by atoms with Crippen LogP contribution in [0.5, 0.6) is 0 Å². The Balaban J connectivity index is 2.28. The van der Waals surface area contributed by atoms with Gasteiger partial charge in [-0.2, -0.15) is 5.10 Å². The highest BCUT2D eigenvalue weighted by molar-refractivity contribution is 7.89. The molecule has 2 aromatic heterocycles. The van der Waals surface area contributed by atoms with E-state index in [1.54, 1.807) is 25.3 Å². The highest BCUT2D eigenvalue weighted by Crippen LogP contribution is 2.17. The molecule has 2 heterocycles. The lowest BCUT2D eigenvalue weighted by Gasteiger charge is -2.13. The second-order valence-corrected chi connectivity index (χ2v) is 5.70. The lowest BCUT2D eigenvalue weighted by Crippen LogP contribution is -2.28. The van der Waals surface area contributed by atoms with Crippen molar-refractivity contribution in [3.8, 4) is 0 Å². The molecular formula is C11H12N4O4S. The summed E-state index contributed by atoms with van der Waals surface area (Å²) in [4.78, 5) is 14.8. The van der Waals surface area contributed by atoms with Crippen LogP contribution in [-0.4, -0.2) is 34.7 Å². The molecule has 9 heteroatoms. The van der Waals surface area contributed by atoms with Crippen LogP contribution in [0.15, 0.2) is 35.7 Å². The topological polar surface area (TPSA) is 125 Å². The van der Waals surface area contributed by atoms with Gasteiger partial charge < -0.3 is 5.11 Å². The number of nitrogens with zero attached hydrogens (tertiary/aromatic N) is 2. The van der Waals surface area contributed by atoms with Crippen LogP contribution in [0, 0.1) is 0 Å². The normalized spacial score (nSPS) is 13.1. The number of carboxylic acids is 1. The van der Waals surface area contributed by atoms with Gasteiger partial charge in [0, 0.05) is 18.4 Å². The molecule has 0 aromatic carbocycles. The zero-order valence-electron chi connectivity index (χ0n) is 10.4. The molecule has 0 aliphatic heterocycles. The van der Waals surface area contributed by atoms with Crippen molar-refractivity contribution in [1.82, 2.24) is 19.9 Å². The van der Waals surface area contributed by atoms with Gasteiger partial charge in [0.1, 0.15) is 5.56 Å². The molecule has 0 radical (unpaired) electrons. The fourth-order valence-corrected chi connectivity index (χ4v) is 2.95. The van der Waals surface area contributed by atoms with Gasteiger partial charge in [-0.05, 0) is 18.6 Å². The van der Waals surface area contributed by atoms with E-state index in [-0.39, 0.29) is 0 Å². The maximum absolute atomic E-state index is 12.1. The largest absolute Gasteiger partial charge is 0.478 e. The second-order valence-electron chi connectivity index (χ2n) is 4.05. The van der Waals surface area contributed by atoms with Crippen LogP contribution in [0.25, 0.3) is 0 Å². The first kappa shape index (κ1) is 14.2. The van der Waals surface area contributed by atoms with E-state index in [2.05, 4.69) is 19.9 Å². The molecule has 0 aliphatic carbocycles. The molecular weight excluding hydrogens is 284 g/mol. The first-order valence-electron chi connectivity index (χ1n) is 5.60. The van der Waals surface area contributed by atoms with E-state index in [9.17, 15) is 13.2 Å². The number of aromatic carboxylic acids is 1. The van der Waals surface area contributed by atoms with Crippen LogP contribution in [0.4, 0.5) is 0 Å². The minimum absolute atomic E-state index is 0.407. The molecule has 20 heavy (non-hydrogen) atoms. The van der Waals surface area contributed by atoms with Crippen molar-refractivity contribution < 1.29 is 18.3 Å². The smallest absolute Gasteiger partial charge is 0.340 e. The number of aromatic nitrogens is 3. The summed E-state index contributed by atoms with van der Waals surface area (Å²) in [7, 11) is -4.02. The Morgan fingerprint density at radius 2 is 2.20 bits per heavy atom. The maximum atomic E-state index is 12.1. The van der Waals surface area contributed by atoms with Gasteiger partial charge in [-0.1, -0.05) is 6.07 Å². The van der Waals surface area contributed by atoms with E-state index in [4.69, 9.17) is 5.11 Å². The molecule has 0 fully saturated rings. The molecule has 2 aromatic rings. The number of carbonyl (C=O) groups is 1. The predicted octanol–water partition coefficient (Wildman–Crippen LogP) is 0.542. The summed E-state index contributed by atoms with van der Waals surface area (Å²) in [5, 5.41) is 14.1. The number of sulfonamides is 1. The Kier molecular flexibility index (Phi) is 3.81. The van der Waals surface area contributed by atoms with Crippen molar-refractivity contribution in [3.05, 3.63) is 41.9 Å². The number of hydrogen-bond donors (Lipinski definition) is 3. The van der Waals surface area contributed by atoms with Gasteiger partial charge in [0.15, 0.2) is 5.03 Å². The quantitative estimate of drug-likeness (QED) is 0.739. The SMILES string of the molecule is C[C@@H](NS(=O)(=O)c1[nH]ncc1C(=O)O)c1cccnc1. The third kappa shape index (κ3) is 2.83. The third-order valence-corrected chi connectivity index (χ3v) is 4.13. The standard InChI is InChI=1S/C11H12N4O4S/c1-7(8-3-2-4-12-5-8)15-20(18,19)10-9(11(16)17)6-13-14-10/h2-7,15H,1H3,(H,13,14)(H,16,17)/t7-/m1/s1. The van der Waals surface area contributed by atoms with Crippen molar-refractivity contribution in [1.29, 1.82) is 0 Å². The number of carboxylic acid groups (broad SMARTS) is 1. The van der Waals surface area contributed by atoms with E-state index in [0.717, 1.165) is 6.20 Å². The first-order valence-corrected chi connectivity index (χ1v) is 7.09. The fourth-order valence-electron chi connectivity index (χ4n) is 1.62. The lowest BCUT2D eigenvalue weighted by molar-refractivity contribution is 0.0692. The number of H-pyrrole nitrogens is 1.